The zero-order chi connectivity index (χ0) is 15.7. The predicted molar refractivity (Wildman–Crippen MR) is 83.2 cm³/mol. The third-order valence-corrected chi connectivity index (χ3v) is 4.44. The molecule has 1 amide bonds. The summed E-state index contributed by atoms with van der Waals surface area (Å²) >= 11 is 0. The molecule has 1 aliphatic rings. The Balaban J connectivity index is 1.82. The maximum atomic E-state index is 12.5. The lowest BCUT2D eigenvalue weighted by Crippen LogP contribution is -2.32. The van der Waals surface area contributed by atoms with Crippen molar-refractivity contribution in [2.75, 3.05) is 13.7 Å². The van der Waals surface area contributed by atoms with Crippen LogP contribution in [0.3, 0.4) is 0 Å². The number of carbonyl (C=O) groups is 1. The van der Waals surface area contributed by atoms with E-state index in [0.29, 0.717) is 29.2 Å². The molecule has 22 heavy (non-hydrogen) atoms. The molecule has 0 spiro atoms. The number of amides is 1. The molecule has 1 aliphatic carbocycles. The van der Waals surface area contributed by atoms with Gasteiger partial charge < -0.3 is 19.6 Å². The zero-order valence-electron chi connectivity index (χ0n) is 12.9. The Morgan fingerprint density at radius 3 is 2.95 bits per heavy atom. The topological polar surface area (TPSA) is 71.7 Å². The summed E-state index contributed by atoms with van der Waals surface area (Å²) in [5, 5.41) is 13.5. The van der Waals surface area contributed by atoms with Gasteiger partial charge in [-0.2, -0.15) is 0 Å². The molecule has 5 nitrogen and oxygen atoms in total. The zero-order valence-corrected chi connectivity index (χ0v) is 12.9. The Hall–Kier alpha value is -2.01. The van der Waals surface area contributed by atoms with Crippen molar-refractivity contribution in [3.05, 3.63) is 29.5 Å². The van der Waals surface area contributed by atoms with E-state index in [-0.39, 0.29) is 17.9 Å². The molecule has 0 radical (unpaired) electrons. The summed E-state index contributed by atoms with van der Waals surface area (Å²) in [6.07, 6.45) is 2.50. The first kappa shape index (κ1) is 14.9. The highest BCUT2D eigenvalue weighted by atomic mass is 16.5. The summed E-state index contributed by atoms with van der Waals surface area (Å²) in [7, 11) is 1.59. The fourth-order valence-corrected chi connectivity index (χ4v) is 3.18. The quantitative estimate of drug-likeness (QED) is 0.911. The molecule has 0 bridgehead atoms. The lowest BCUT2D eigenvalue weighted by Gasteiger charge is -2.15. The summed E-state index contributed by atoms with van der Waals surface area (Å²) in [5.41, 5.74) is 1.21. The van der Waals surface area contributed by atoms with Crippen LogP contribution in [0.15, 0.2) is 22.6 Å². The monoisotopic (exact) mass is 303 g/mol. The molecule has 1 fully saturated rings. The van der Waals surface area contributed by atoms with E-state index in [0.717, 1.165) is 24.6 Å². The molecule has 1 aromatic carbocycles. The van der Waals surface area contributed by atoms with E-state index in [1.807, 2.05) is 12.1 Å². The molecule has 0 aliphatic heterocycles. The first-order chi connectivity index (χ1) is 10.6. The van der Waals surface area contributed by atoms with Crippen molar-refractivity contribution in [2.45, 2.75) is 32.3 Å². The summed E-state index contributed by atoms with van der Waals surface area (Å²) in [5.74, 6) is 1.27. The van der Waals surface area contributed by atoms with Crippen molar-refractivity contribution in [2.24, 2.45) is 5.92 Å². The largest absolute Gasteiger partial charge is 0.497 e. The number of aliphatic hydroxyl groups is 1. The Labute approximate surface area is 129 Å². The fourth-order valence-electron chi connectivity index (χ4n) is 3.18. The van der Waals surface area contributed by atoms with Gasteiger partial charge >= 0.3 is 0 Å². The number of aryl methyl sites for hydroxylation is 1. The summed E-state index contributed by atoms with van der Waals surface area (Å²) < 4.78 is 10.9. The third-order valence-electron chi connectivity index (χ3n) is 4.44. The number of fused-ring (bicyclic) bond motifs is 1. The van der Waals surface area contributed by atoms with Crippen molar-refractivity contribution in [3.63, 3.8) is 0 Å². The minimum absolute atomic E-state index is 0.150. The van der Waals surface area contributed by atoms with Gasteiger partial charge in [0.1, 0.15) is 17.1 Å². The molecule has 3 rings (SSSR count). The van der Waals surface area contributed by atoms with Gasteiger partial charge in [0.15, 0.2) is 0 Å². The molecule has 1 aromatic heterocycles. The molecule has 1 saturated carbocycles. The van der Waals surface area contributed by atoms with Crippen molar-refractivity contribution < 1.29 is 19.1 Å². The van der Waals surface area contributed by atoms with Crippen molar-refractivity contribution >= 4 is 16.9 Å². The third kappa shape index (κ3) is 2.68. The average molecular weight is 303 g/mol. The van der Waals surface area contributed by atoms with Gasteiger partial charge in [0, 0.05) is 17.8 Å². The minimum Gasteiger partial charge on any atom is -0.497 e. The van der Waals surface area contributed by atoms with Crippen molar-refractivity contribution in [1.82, 2.24) is 5.32 Å². The van der Waals surface area contributed by atoms with E-state index in [1.165, 1.54) is 0 Å². The van der Waals surface area contributed by atoms with Crippen LogP contribution < -0.4 is 10.1 Å². The molecule has 2 unspecified atom stereocenters. The second-order valence-electron chi connectivity index (χ2n) is 5.86. The van der Waals surface area contributed by atoms with Gasteiger partial charge in [-0.05, 0) is 38.0 Å². The maximum Gasteiger partial charge on any atom is 0.255 e. The Morgan fingerprint density at radius 1 is 1.45 bits per heavy atom. The van der Waals surface area contributed by atoms with Crippen LogP contribution in [0, 0.1) is 12.8 Å². The van der Waals surface area contributed by atoms with E-state index in [1.54, 1.807) is 20.1 Å². The number of rotatable bonds is 4. The maximum absolute atomic E-state index is 12.5. The molecule has 118 valence electrons. The fraction of sp³-hybridized carbons (Fsp3) is 0.471. The minimum atomic E-state index is -0.303. The lowest BCUT2D eigenvalue weighted by atomic mass is 10.1. The summed E-state index contributed by atoms with van der Waals surface area (Å²) in [6, 6.07) is 5.42. The van der Waals surface area contributed by atoms with E-state index in [4.69, 9.17) is 9.15 Å². The Morgan fingerprint density at radius 2 is 2.27 bits per heavy atom. The molecule has 2 aromatic rings. The first-order valence-electron chi connectivity index (χ1n) is 7.63. The van der Waals surface area contributed by atoms with Gasteiger partial charge in [0.25, 0.3) is 5.91 Å². The van der Waals surface area contributed by atoms with Gasteiger partial charge in [0.2, 0.25) is 0 Å². The predicted octanol–water partition coefficient (Wildman–Crippen LogP) is 2.64. The Kier molecular flexibility index (Phi) is 4.07. The average Bonchev–Trinajstić information content (AvgIpc) is 3.06. The molecule has 2 N–H and O–H groups in total. The van der Waals surface area contributed by atoms with Gasteiger partial charge in [-0.15, -0.1) is 0 Å². The van der Waals surface area contributed by atoms with Crippen LogP contribution >= 0.6 is 0 Å². The number of hydrogen-bond donors (Lipinski definition) is 2. The number of hydrogen-bond acceptors (Lipinski definition) is 4. The molecule has 1 heterocycles. The van der Waals surface area contributed by atoms with E-state index >= 15 is 0 Å². The number of ether oxygens (including phenoxy) is 1. The number of carbonyl (C=O) groups excluding carboxylic acids is 1. The van der Waals surface area contributed by atoms with Gasteiger partial charge in [-0.25, -0.2) is 0 Å². The van der Waals surface area contributed by atoms with Crippen LogP contribution in [0.5, 0.6) is 5.75 Å². The highest BCUT2D eigenvalue weighted by molar-refractivity contribution is 6.07. The lowest BCUT2D eigenvalue weighted by molar-refractivity contribution is 0.0917. The number of nitrogens with one attached hydrogen (secondary N) is 1. The van der Waals surface area contributed by atoms with Crippen LogP contribution in [-0.2, 0) is 0 Å². The second-order valence-corrected chi connectivity index (χ2v) is 5.86. The highest BCUT2D eigenvalue weighted by Crippen LogP contribution is 2.29. The highest BCUT2D eigenvalue weighted by Gasteiger charge is 2.26. The van der Waals surface area contributed by atoms with Gasteiger partial charge in [-0.1, -0.05) is 6.42 Å². The van der Waals surface area contributed by atoms with Crippen LogP contribution in [0.1, 0.15) is 35.4 Å². The van der Waals surface area contributed by atoms with E-state index < -0.39 is 0 Å². The number of methoxy groups -OCH3 is 1. The van der Waals surface area contributed by atoms with Crippen LogP contribution in [0.2, 0.25) is 0 Å². The molecule has 5 heteroatoms. The number of aliphatic hydroxyl groups excluding tert-OH is 1. The van der Waals surface area contributed by atoms with Crippen molar-refractivity contribution in [3.8, 4) is 5.75 Å². The Bertz CT molecular complexity index is 691. The molecular formula is C17H21NO4. The SMILES string of the molecule is COc1ccc2oc(C)c(C(=O)NCC3CCCC3O)c2c1. The first-order valence-corrected chi connectivity index (χ1v) is 7.63. The van der Waals surface area contributed by atoms with E-state index in [2.05, 4.69) is 5.32 Å². The van der Waals surface area contributed by atoms with Crippen molar-refractivity contribution in [1.29, 1.82) is 0 Å². The molecule has 2 atom stereocenters. The number of benzene rings is 1. The van der Waals surface area contributed by atoms with Gasteiger partial charge in [0.05, 0.1) is 18.8 Å². The normalized spacial score (nSPS) is 21.2. The summed E-state index contributed by atoms with van der Waals surface area (Å²) in [4.78, 5) is 12.5. The van der Waals surface area contributed by atoms with E-state index in [9.17, 15) is 9.90 Å². The smallest absolute Gasteiger partial charge is 0.255 e. The second kappa shape index (κ2) is 6.01. The molecular weight excluding hydrogens is 282 g/mol. The van der Waals surface area contributed by atoms with Crippen LogP contribution in [-0.4, -0.2) is 30.8 Å². The van der Waals surface area contributed by atoms with Gasteiger partial charge in [-0.3, -0.25) is 4.79 Å². The summed E-state index contributed by atoms with van der Waals surface area (Å²) in [6.45, 7) is 2.28. The standard InChI is InChI=1S/C17H21NO4/c1-10-16(13-8-12(21-2)6-7-15(13)22-10)17(20)18-9-11-4-3-5-14(11)19/h6-8,11,14,19H,3-5,9H2,1-2H3,(H,18,20). The number of furan rings is 1. The van der Waals surface area contributed by atoms with Crippen LogP contribution in [0.25, 0.3) is 11.0 Å². The molecule has 0 saturated heterocycles. The van der Waals surface area contributed by atoms with Crippen LogP contribution in [0.4, 0.5) is 0 Å².